The molecule has 3 aromatic carbocycles. The summed E-state index contributed by atoms with van der Waals surface area (Å²) >= 11 is 6.63. The van der Waals surface area contributed by atoms with E-state index in [1.54, 1.807) is 24.3 Å². The van der Waals surface area contributed by atoms with Crippen LogP contribution < -0.4 is 4.74 Å². The van der Waals surface area contributed by atoms with E-state index in [0.717, 1.165) is 42.4 Å². The molecule has 5 atom stereocenters. The van der Waals surface area contributed by atoms with E-state index in [9.17, 15) is 4.79 Å². The topological polar surface area (TPSA) is 79.8 Å². The molecule has 0 spiro atoms. The Morgan fingerprint density at radius 1 is 0.809 bits per heavy atom. The Hall–Kier alpha value is -3.62. The van der Waals surface area contributed by atoms with Crippen LogP contribution in [0, 0.1) is 5.92 Å². The largest absolute Gasteiger partial charge is 0.477 e. The molecule has 47 heavy (non-hydrogen) atoms. The summed E-state index contributed by atoms with van der Waals surface area (Å²) in [7, 11) is 0. The van der Waals surface area contributed by atoms with Gasteiger partial charge in [0.15, 0.2) is 0 Å². The maximum Gasteiger partial charge on any atom is 0.233 e. The lowest BCUT2D eigenvalue weighted by Crippen LogP contribution is -2.51. The third-order valence-corrected chi connectivity index (χ3v) is 9.03. The highest BCUT2D eigenvalue weighted by molar-refractivity contribution is 6.34. The molecule has 0 amide bonds. The summed E-state index contributed by atoms with van der Waals surface area (Å²) in [6.07, 6.45) is 3.90. The molecule has 0 bridgehead atoms. The lowest BCUT2D eigenvalue weighted by molar-refractivity contribution is -0.234. The van der Waals surface area contributed by atoms with Gasteiger partial charge in [-0.05, 0) is 47.7 Å². The maximum atomic E-state index is 13.7. The number of benzene rings is 3. The van der Waals surface area contributed by atoms with E-state index in [1.165, 1.54) is 6.42 Å². The molecule has 1 saturated heterocycles. The summed E-state index contributed by atoms with van der Waals surface area (Å²) in [5, 5.41) is 8.64. The van der Waals surface area contributed by atoms with Crippen molar-refractivity contribution in [1.82, 2.24) is 10.2 Å². The van der Waals surface area contributed by atoms with Crippen LogP contribution in [0.2, 0.25) is 5.02 Å². The van der Waals surface area contributed by atoms with Gasteiger partial charge in [-0.3, -0.25) is 4.79 Å². The molecule has 0 saturated carbocycles. The van der Waals surface area contributed by atoms with Crippen molar-refractivity contribution in [3.8, 4) is 5.88 Å². The summed E-state index contributed by atoms with van der Waals surface area (Å²) in [6, 6.07) is 29.0. The Bertz CT molecular complexity index is 1540. The third kappa shape index (κ3) is 9.26. The quantitative estimate of drug-likeness (QED) is 0.0880. The van der Waals surface area contributed by atoms with Crippen LogP contribution in [0.4, 0.5) is 0 Å². The van der Waals surface area contributed by atoms with E-state index in [2.05, 4.69) is 43.1 Å². The number of aromatic nitrogens is 2. The Labute approximate surface area is 283 Å². The monoisotopic (exact) mass is 656 g/mol. The molecule has 4 aromatic rings. The third-order valence-electron chi connectivity index (χ3n) is 8.71. The summed E-state index contributed by atoms with van der Waals surface area (Å²) < 4.78 is 25.8. The van der Waals surface area contributed by atoms with Gasteiger partial charge in [0, 0.05) is 17.5 Å². The van der Waals surface area contributed by atoms with E-state index in [4.69, 9.17) is 30.5 Å². The summed E-state index contributed by atoms with van der Waals surface area (Å²) in [5.74, 6) is 0.138. The molecule has 248 valence electrons. The van der Waals surface area contributed by atoms with Gasteiger partial charge in [0.2, 0.25) is 11.7 Å². The van der Waals surface area contributed by atoms with Crippen LogP contribution in [-0.4, -0.2) is 40.9 Å². The minimum Gasteiger partial charge on any atom is -0.477 e. The van der Waals surface area contributed by atoms with Gasteiger partial charge in [-0.2, -0.15) is 0 Å². The zero-order chi connectivity index (χ0) is 33.0. The fourth-order valence-electron chi connectivity index (χ4n) is 6.03. The van der Waals surface area contributed by atoms with Gasteiger partial charge in [0.05, 0.1) is 37.1 Å². The molecular formula is C39H45ClN2O5. The van der Waals surface area contributed by atoms with Gasteiger partial charge < -0.3 is 18.9 Å². The number of hydrogen-bond donors (Lipinski definition) is 0. The van der Waals surface area contributed by atoms with Crippen LogP contribution in [-0.2, 0) is 27.4 Å². The average molecular weight is 657 g/mol. The highest BCUT2D eigenvalue weighted by atomic mass is 35.5. The maximum absolute atomic E-state index is 13.7. The predicted octanol–water partition coefficient (Wildman–Crippen LogP) is 8.98. The Kier molecular flexibility index (Phi) is 12.9. The molecule has 8 heteroatoms. The number of ether oxygens (including phenoxy) is 4. The lowest BCUT2D eigenvalue weighted by atomic mass is 9.84. The molecule has 1 unspecified atom stereocenters. The first-order valence-electron chi connectivity index (χ1n) is 16.8. The second-order valence-corrected chi connectivity index (χ2v) is 12.5. The number of carbonyl (C=O) groups excluding carboxylic acids is 1. The molecule has 1 fully saturated rings. The first kappa shape index (κ1) is 34.7. The van der Waals surface area contributed by atoms with Crippen molar-refractivity contribution in [2.24, 2.45) is 5.92 Å². The second kappa shape index (κ2) is 17.5. The molecule has 0 radical (unpaired) electrons. The number of halogens is 1. The fraction of sp³-hybridized carbons (Fsp3) is 0.410. The number of nitrogens with zero attached hydrogens (tertiary/aromatic N) is 2. The zero-order valence-electron chi connectivity index (χ0n) is 27.5. The smallest absolute Gasteiger partial charge is 0.233 e. The summed E-state index contributed by atoms with van der Waals surface area (Å²) in [4.78, 5) is 13.7. The van der Waals surface area contributed by atoms with Gasteiger partial charge in [-0.15, -0.1) is 10.2 Å². The number of hydrogen-bond acceptors (Lipinski definition) is 7. The summed E-state index contributed by atoms with van der Waals surface area (Å²) in [6.45, 7) is 7.86. The zero-order valence-corrected chi connectivity index (χ0v) is 28.3. The highest BCUT2D eigenvalue weighted by Gasteiger charge is 2.45. The minimum absolute atomic E-state index is 0.0665. The van der Waals surface area contributed by atoms with Crippen LogP contribution in [0.1, 0.15) is 91.7 Å². The van der Waals surface area contributed by atoms with Crippen molar-refractivity contribution in [2.75, 3.05) is 6.61 Å². The van der Waals surface area contributed by atoms with Crippen molar-refractivity contribution in [1.29, 1.82) is 0 Å². The van der Waals surface area contributed by atoms with E-state index >= 15 is 0 Å². The molecule has 1 aliphatic heterocycles. The van der Waals surface area contributed by atoms with E-state index in [-0.39, 0.29) is 29.6 Å². The Balaban J connectivity index is 1.40. The van der Waals surface area contributed by atoms with Crippen LogP contribution in [0.15, 0.2) is 91.0 Å². The highest BCUT2D eigenvalue weighted by Crippen LogP contribution is 2.41. The average Bonchev–Trinajstić information content (AvgIpc) is 3.11. The fourth-order valence-corrected chi connectivity index (χ4v) is 6.23. The Morgan fingerprint density at radius 2 is 1.49 bits per heavy atom. The SMILES string of the molecule is CCCCCCOc1ccc(C(=O)c2cc(C3O[C@H](CC)[C@@H](C)[C@H](OCc4ccccc4)[C@H]3OCc3ccccc3)ccc2Cl)nn1. The first-order valence-corrected chi connectivity index (χ1v) is 17.1. The van der Waals surface area contributed by atoms with Crippen molar-refractivity contribution >= 4 is 17.4 Å². The van der Waals surface area contributed by atoms with Crippen LogP contribution >= 0.6 is 11.6 Å². The van der Waals surface area contributed by atoms with Gasteiger partial charge in [0.25, 0.3) is 0 Å². The Morgan fingerprint density at radius 3 is 2.11 bits per heavy atom. The molecular weight excluding hydrogens is 612 g/mol. The predicted molar refractivity (Wildman–Crippen MR) is 184 cm³/mol. The van der Waals surface area contributed by atoms with Crippen molar-refractivity contribution in [2.45, 2.75) is 90.5 Å². The molecule has 5 rings (SSSR count). The first-order chi connectivity index (χ1) is 23.0. The number of carbonyl (C=O) groups is 1. The van der Waals surface area contributed by atoms with Crippen LogP contribution in [0.3, 0.4) is 0 Å². The molecule has 7 nitrogen and oxygen atoms in total. The minimum atomic E-state index is -0.501. The van der Waals surface area contributed by atoms with Gasteiger partial charge in [-0.1, -0.05) is 118 Å². The van der Waals surface area contributed by atoms with E-state index < -0.39 is 12.2 Å². The number of ketones is 1. The molecule has 0 N–H and O–H groups in total. The summed E-state index contributed by atoms with van der Waals surface area (Å²) in [5.41, 5.74) is 3.44. The van der Waals surface area contributed by atoms with E-state index in [1.807, 2.05) is 54.6 Å². The van der Waals surface area contributed by atoms with Gasteiger partial charge in [0.1, 0.15) is 17.9 Å². The van der Waals surface area contributed by atoms with Crippen molar-refractivity contribution in [3.05, 3.63) is 124 Å². The second-order valence-electron chi connectivity index (χ2n) is 12.1. The van der Waals surface area contributed by atoms with E-state index in [0.29, 0.717) is 36.3 Å². The standard InChI is InChI=1S/C39H45ClN2O5/c1-4-6-7-14-23-44-35-22-21-33(41-42-35)36(43)31-24-30(19-20-32(31)40)38-39(46-26-29-17-12-9-13-18-29)37(27(3)34(5-2)47-38)45-25-28-15-10-8-11-16-28/h8-13,15-22,24,27,34,37-39H,4-7,14,23,25-26H2,1-3H3/t27-,34-,37+,38?,39-/m1/s1. The van der Waals surface area contributed by atoms with Gasteiger partial charge in [-0.25, -0.2) is 0 Å². The normalized spacial score (nSPS) is 21.0. The van der Waals surface area contributed by atoms with Crippen molar-refractivity contribution < 1.29 is 23.7 Å². The molecule has 2 heterocycles. The number of unbranched alkanes of at least 4 members (excludes halogenated alkanes) is 3. The molecule has 0 aliphatic carbocycles. The van der Waals surface area contributed by atoms with Crippen molar-refractivity contribution in [3.63, 3.8) is 0 Å². The van der Waals surface area contributed by atoms with Crippen LogP contribution in [0.25, 0.3) is 0 Å². The lowest BCUT2D eigenvalue weighted by Gasteiger charge is -2.46. The molecule has 1 aliphatic rings. The van der Waals surface area contributed by atoms with Crippen LogP contribution in [0.5, 0.6) is 5.88 Å². The number of rotatable bonds is 16. The van der Waals surface area contributed by atoms with Gasteiger partial charge >= 0.3 is 0 Å². The molecule has 1 aromatic heterocycles.